The van der Waals surface area contributed by atoms with E-state index in [2.05, 4.69) is 28.3 Å². The highest BCUT2D eigenvalue weighted by Gasteiger charge is 2.23. The highest BCUT2D eigenvalue weighted by Crippen LogP contribution is 2.17. The average Bonchev–Trinajstić information content (AvgIpc) is 3.09. The summed E-state index contributed by atoms with van der Waals surface area (Å²) in [6.45, 7) is 8.04. The number of aromatic nitrogens is 1. The van der Waals surface area contributed by atoms with Gasteiger partial charge in [-0.2, -0.15) is 5.26 Å². The summed E-state index contributed by atoms with van der Waals surface area (Å²) in [6, 6.07) is 7.37. The van der Waals surface area contributed by atoms with E-state index in [4.69, 9.17) is 5.26 Å². The normalized spacial score (nSPS) is 15.2. The van der Waals surface area contributed by atoms with Crippen LogP contribution in [-0.4, -0.2) is 46.9 Å². The minimum atomic E-state index is 0.0589. The molecule has 0 radical (unpaired) electrons. The van der Waals surface area contributed by atoms with E-state index in [1.807, 2.05) is 11.8 Å². The number of benzene rings is 1. The molecule has 2 heterocycles. The smallest absolute Gasteiger partial charge is 0.254 e. The number of aryl methyl sites for hydroxylation is 2. The van der Waals surface area contributed by atoms with E-state index >= 15 is 0 Å². The van der Waals surface area contributed by atoms with Gasteiger partial charge in [-0.15, -0.1) is 11.3 Å². The van der Waals surface area contributed by atoms with Gasteiger partial charge >= 0.3 is 0 Å². The highest BCUT2D eigenvalue weighted by atomic mass is 32.1. The standard InChI is InChI=1S/C19H22N4OS/c1-3-18-21-16(13-25-18)12-22-6-8-23(9-7-22)19(24)17-5-4-15(11-20)10-14(17)2/h4-5,10,13H,3,6-9,12H2,1-2H3. The van der Waals surface area contributed by atoms with Gasteiger partial charge in [-0.1, -0.05) is 6.92 Å². The zero-order chi connectivity index (χ0) is 17.8. The first-order valence-corrected chi connectivity index (χ1v) is 9.44. The Bertz CT molecular complexity index is 800. The molecule has 0 bridgehead atoms. The van der Waals surface area contributed by atoms with Crippen molar-refractivity contribution in [3.8, 4) is 6.07 Å². The van der Waals surface area contributed by atoms with Crippen LogP contribution in [0.2, 0.25) is 0 Å². The Morgan fingerprint density at radius 3 is 2.68 bits per heavy atom. The Morgan fingerprint density at radius 2 is 2.08 bits per heavy atom. The molecule has 130 valence electrons. The minimum Gasteiger partial charge on any atom is -0.336 e. The van der Waals surface area contributed by atoms with Crippen LogP contribution in [0.25, 0.3) is 0 Å². The predicted octanol–water partition coefficient (Wildman–Crippen LogP) is 2.84. The van der Waals surface area contributed by atoms with Crippen molar-refractivity contribution in [2.45, 2.75) is 26.8 Å². The third-order valence-electron chi connectivity index (χ3n) is 4.53. The van der Waals surface area contributed by atoms with Gasteiger partial charge in [0, 0.05) is 43.7 Å². The fourth-order valence-electron chi connectivity index (χ4n) is 3.07. The molecule has 6 heteroatoms. The first-order chi connectivity index (χ1) is 12.1. The Labute approximate surface area is 152 Å². The van der Waals surface area contributed by atoms with E-state index in [0.717, 1.165) is 50.4 Å². The van der Waals surface area contributed by atoms with Crippen molar-refractivity contribution in [2.24, 2.45) is 0 Å². The summed E-state index contributed by atoms with van der Waals surface area (Å²) in [7, 11) is 0. The number of hydrogen-bond donors (Lipinski definition) is 0. The molecule has 0 atom stereocenters. The van der Waals surface area contributed by atoms with Crippen LogP contribution in [0.1, 0.15) is 39.1 Å². The number of rotatable bonds is 4. The third kappa shape index (κ3) is 4.06. The van der Waals surface area contributed by atoms with Gasteiger partial charge in [0.2, 0.25) is 0 Å². The number of carbonyl (C=O) groups is 1. The monoisotopic (exact) mass is 354 g/mol. The molecule has 0 spiro atoms. The highest BCUT2D eigenvalue weighted by molar-refractivity contribution is 7.09. The van der Waals surface area contributed by atoms with E-state index < -0.39 is 0 Å². The Kier molecular flexibility index (Phi) is 5.47. The lowest BCUT2D eigenvalue weighted by Crippen LogP contribution is -2.48. The summed E-state index contributed by atoms with van der Waals surface area (Å²) in [5.74, 6) is 0.0589. The van der Waals surface area contributed by atoms with Crippen molar-refractivity contribution in [1.82, 2.24) is 14.8 Å². The molecule has 5 nitrogen and oxygen atoms in total. The maximum absolute atomic E-state index is 12.7. The summed E-state index contributed by atoms with van der Waals surface area (Å²) in [4.78, 5) is 21.6. The molecule has 1 aromatic carbocycles. The van der Waals surface area contributed by atoms with Gasteiger partial charge in [-0.25, -0.2) is 4.98 Å². The van der Waals surface area contributed by atoms with Gasteiger partial charge < -0.3 is 4.90 Å². The van der Waals surface area contributed by atoms with Crippen LogP contribution in [0, 0.1) is 18.3 Å². The van der Waals surface area contributed by atoms with Crippen molar-refractivity contribution < 1.29 is 4.79 Å². The van der Waals surface area contributed by atoms with Crippen molar-refractivity contribution in [3.63, 3.8) is 0 Å². The van der Waals surface area contributed by atoms with Crippen molar-refractivity contribution in [3.05, 3.63) is 51.0 Å². The molecular formula is C19H22N4OS. The minimum absolute atomic E-state index is 0.0589. The topological polar surface area (TPSA) is 60.2 Å². The van der Waals surface area contributed by atoms with Crippen LogP contribution >= 0.6 is 11.3 Å². The Morgan fingerprint density at radius 1 is 1.32 bits per heavy atom. The fraction of sp³-hybridized carbons (Fsp3) is 0.421. The van der Waals surface area contributed by atoms with Gasteiger partial charge in [0.15, 0.2) is 0 Å². The SMILES string of the molecule is CCc1nc(CN2CCN(C(=O)c3ccc(C#N)cc3C)CC2)cs1. The lowest BCUT2D eigenvalue weighted by atomic mass is 10.0. The average molecular weight is 354 g/mol. The van der Waals surface area contributed by atoms with Gasteiger partial charge in [0.1, 0.15) is 0 Å². The molecule has 0 aliphatic carbocycles. The molecule has 0 saturated carbocycles. The third-order valence-corrected chi connectivity index (χ3v) is 5.57. The number of nitrogens with zero attached hydrogens (tertiary/aromatic N) is 4. The summed E-state index contributed by atoms with van der Waals surface area (Å²) < 4.78 is 0. The molecule has 1 aliphatic rings. The molecule has 1 aliphatic heterocycles. The maximum atomic E-state index is 12.7. The summed E-state index contributed by atoms with van der Waals surface area (Å²) in [5, 5.41) is 12.3. The lowest BCUT2D eigenvalue weighted by Gasteiger charge is -2.34. The van der Waals surface area contributed by atoms with Crippen LogP contribution in [0.3, 0.4) is 0 Å². The molecule has 25 heavy (non-hydrogen) atoms. The molecule has 0 unspecified atom stereocenters. The first-order valence-electron chi connectivity index (χ1n) is 8.56. The van der Waals surface area contributed by atoms with Crippen LogP contribution in [0.15, 0.2) is 23.6 Å². The van der Waals surface area contributed by atoms with Crippen LogP contribution in [0.5, 0.6) is 0 Å². The number of nitriles is 1. The van der Waals surface area contributed by atoms with E-state index in [1.165, 1.54) is 5.01 Å². The predicted molar refractivity (Wildman–Crippen MR) is 98.6 cm³/mol. The number of thiazole rings is 1. The number of amides is 1. The van der Waals surface area contributed by atoms with E-state index in [1.54, 1.807) is 29.5 Å². The zero-order valence-electron chi connectivity index (χ0n) is 14.7. The quantitative estimate of drug-likeness (QED) is 0.847. The maximum Gasteiger partial charge on any atom is 0.254 e. The molecule has 1 saturated heterocycles. The van der Waals surface area contributed by atoms with Gasteiger partial charge in [0.25, 0.3) is 5.91 Å². The van der Waals surface area contributed by atoms with Crippen molar-refractivity contribution in [1.29, 1.82) is 5.26 Å². The van der Waals surface area contributed by atoms with Gasteiger partial charge in [-0.3, -0.25) is 9.69 Å². The van der Waals surface area contributed by atoms with E-state index in [0.29, 0.717) is 11.1 Å². The van der Waals surface area contributed by atoms with Crippen molar-refractivity contribution >= 4 is 17.2 Å². The zero-order valence-corrected chi connectivity index (χ0v) is 15.5. The molecule has 1 fully saturated rings. The molecule has 0 N–H and O–H groups in total. The fourth-order valence-corrected chi connectivity index (χ4v) is 3.80. The van der Waals surface area contributed by atoms with E-state index in [9.17, 15) is 4.79 Å². The van der Waals surface area contributed by atoms with Crippen LogP contribution in [0.4, 0.5) is 0 Å². The first kappa shape index (κ1) is 17.6. The van der Waals surface area contributed by atoms with E-state index in [-0.39, 0.29) is 5.91 Å². The summed E-state index contributed by atoms with van der Waals surface area (Å²) >= 11 is 1.72. The molecule has 1 amide bonds. The Balaban J connectivity index is 1.58. The van der Waals surface area contributed by atoms with Gasteiger partial charge in [-0.05, 0) is 37.1 Å². The molecule has 3 rings (SSSR count). The molecule has 2 aromatic rings. The molecule has 1 aromatic heterocycles. The van der Waals surface area contributed by atoms with Gasteiger partial charge in [0.05, 0.1) is 22.3 Å². The van der Waals surface area contributed by atoms with Crippen LogP contribution in [-0.2, 0) is 13.0 Å². The number of carbonyl (C=O) groups excluding carboxylic acids is 1. The second-order valence-corrected chi connectivity index (χ2v) is 7.24. The lowest BCUT2D eigenvalue weighted by molar-refractivity contribution is 0.0626. The number of piperazine rings is 1. The molecular weight excluding hydrogens is 332 g/mol. The summed E-state index contributed by atoms with van der Waals surface area (Å²) in [5.41, 5.74) is 3.28. The largest absolute Gasteiger partial charge is 0.336 e. The van der Waals surface area contributed by atoms with Crippen molar-refractivity contribution in [2.75, 3.05) is 26.2 Å². The number of hydrogen-bond acceptors (Lipinski definition) is 5. The summed E-state index contributed by atoms with van der Waals surface area (Å²) in [6.07, 6.45) is 0.983. The Hall–Kier alpha value is -2.23. The second-order valence-electron chi connectivity index (χ2n) is 6.30. The second kappa shape index (κ2) is 7.77. The van der Waals surface area contributed by atoms with Crippen LogP contribution < -0.4 is 0 Å².